The van der Waals surface area contributed by atoms with E-state index in [0.29, 0.717) is 11.5 Å². The van der Waals surface area contributed by atoms with Gasteiger partial charge < -0.3 is 15.7 Å². The number of aromatic nitrogens is 2. The van der Waals surface area contributed by atoms with Crippen molar-refractivity contribution < 1.29 is 9.90 Å². The third-order valence-corrected chi connectivity index (χ3v) is 3.76. The van der Waals surface area contributed by atoms with Crippen molar-refractivity contribution in [2.24, 2.45) is 0 Å². The molecule has 0 aliphatic heterocycles. The zero-order chi connectivity index (χ0) is 17.1. The minimum atomic E-state index is -0.489. The Morgan fingerprint density at radius 2 is 1.96 bits per heavy atom. The molecule has 0 spiro atoms. The summed E-state index contributed by atoms with van der Waals surface area (Å²) >= 11 is 0. The Labute approximate surface area is 139 Å². The molecular formula is C18H18N4O2. The molecule has 0 aliphatic rings. The molecule has 1 aromatic heterocycles. The summed E-state index contributed by atoms with van der Waals surface area (Å²) in [5, 5.41) is 16.3. The Morgan fingerprint density at radius 1 is 1.17 bits per heavy atom. The molecule has 0 fully saturated rings. The number of hydrogen-bond donors (Lipinski definition) is 3. The van der Waals surface area contributed by atoms with E-state index >= 15 is 0 Å². The Morgan fingerprint density at radius 3 is 2.75 bits per heavy atom. The average molecular weight is 322 g/mol. The van der Waals surface area contributed by atoms with E-state index < -0.39 is 6.04 Å². The van der Waals surface area contributed by atoms with Crippen molar-refractivity contribution in [2.75, 3.05) is 10.6 Å². The maximum absolute atomic E-state index is 12.4. The first kappa shape index (κ1) is 15.7. The highest BCUT2D eigenvalue weighted by atomic mass is 16.3. The lowest BCUT2D eigenvalue weighted by atomic mass is 10.1. The van der Waals surface area contributed by atoms with Gasteiger partial charge in [-0.15, -0.1) is 0 Å². The van der Waals surface area contributed by atoms with Crippen LogP contribution in [0.2, 0.25) is 0 Å². The first-order valence-corrected chi connectivity index (χ1v) is 7.61. The number of nitrogens with one attached hydrogen (secondary N) is 2. The van der Waals surface area contributed by atoms with Crippen LogP contribution in [0.3, 0.4) is 0 Å². The zero-order valence-corrected chi connectivity index (χ0v) is 13.4. The zero-order valence-electron chi connectivity index (χ0n) is 13.4. The highest BCUT2D eigenvalue weighted by Crippen LogP contribution is 2.22. The van der Waals surface area contributed by atoms with Crippen molar-refractivity contribution >= 4 is 28.3 Å². The summed E-state index contributed by atoms with van der Waals surface area (Å²) in [5.41, 5.74) is 2.28. The second kappa shape index (κ2) is 6.54. The monoisotopic (exact) mass is 322 g/mol. The molecule has 1 unspecified atom stereocenters. The molecule has 6 heteroatoms. The van der Waals surface area contributed by atoms with Crippen LogP contribution in [-0.2, 0) is 4.79 Å². The van der Waals surface area contributed by atoms with Crippen molar-refractivity contribution in [1.82, 2.24) is 9.97 Å². The Bertz CT molecular complexity index is 890. The molecular weight excluding hydrogens is 304 g/mol. The number of amides is 1. The van der Waals surface area contributed by atoms with Crippen molar-refractivity contribution in [3.8, 4) is 5.75 Å². The van der Waals surface area contributed by atoms with Gasteiger partial charge in [0.1, 0.15) is 23.9 Å². The molecule has 0 aliphatic carbocycles. The third kappa shape index (κ3) is 3.27. The topological polar surface area (TPSA) is 87.1 Å². The first-order valence-electron chi connectivity index (χ1n) is 7.61. The van der Waals surface area contributed by atoms with Crippen molar-refractivity contribution in [1.29, 1.82) is 0 Å². The minimum absolute atomic E-state index is 0.170. The maximum atomic E-state index is 12.4. The molecule has 3 aromatic rings. The van der Waals surface area contributed by atoms with Crippen LogP contribution in [0.25, 0.3) is 10.9 Å². The molecule has 0 saturated carbocycles. The van der Waals surface area contributed by atoms with Crippen molar-refractivity contribution in [3.05, 3.63) is 54.4 Å². The largest absolute Gasteiger partial charge is 0.508 e. The lowest BCUT2D eigenvalue weighted by molar-refractivity contribution is -0.116. The van der Waals surface area contributed by atoms with E-state index in [1.54, 1.807) is 25.1 Å². The number of rotatable bonds is 4. The number of fused-ring (bicyclic) bond motifs is 1. The second-order valence-electron chi connectivity index (χ2n) is 5.59. The fourth-order valence-electron chi connectivity index (χ4n) is 2.42. The number of carbonyl (C=O) groups excluding carboxylic acids is 1. The Hall–Kier alpha value is -3.15. The van der Waals surface area contributed by atoms with Crippen LogP contribution in [-0.4, -0.2) is 27.0 Å². The highest BCUT2D eigenvalue weighted by Gasteiger charge is 2.15. The normalized spacial score (nSPS) is 11.9. The molecule has 2 aromatic carbocycles. The van der Waals surface area contributed by atoms with Crippen LogP contribution in [0, 0.1) is 6.92 Å². The van der Waals surface area contributed by atoms with Crippen LogP contribution in [0.15, 0.2) is 48.8 Å². The number of aryl methyl sites for hydroxylation is 1. The van der Waals surface area contributed by atoms with Gasteiger partial charge >= 0.3 is 0 Å². The summed E-state index contributed by atoms with van der Waals surface area (Å²) in [6, 6.07) is 11.9. The summed E-state index contributed by atoms with van der Waals surface area (Å²) in [4.78, 5) is 20.8. The number of anilines is 2. The van der Waals surface area contributed by atoms with Crippen LogP contribution < -0.4 is 10.6 Å². The number of nitrogens with zero attached hydrogens (tertiary/aromatic N) is 2. The first-order chi connectivity index (χ1) is 11.5. The fraction of sp³-hybridized carbons (Fsp3) is 0.167. The minimum Gasteiger partial charge on any atom is -0.508 e. The number of hydrogen-bond acceptors (Lipinski definition) is 5. The molecule has 122 valence electrons. The molecule has 0 saturated heterocycles. The summed E-state index contributed by atoms with van der Waals surface area (Å²) in [6.07, 6.45) is 1.47. The van der Waals surface area contributed by atoms with E-state index in [-0.39, 0.29) is 11.7 Å². The van der Waals surface area contributed by atoms with Gasteiger partial charge in [-0.05, 0) is 49.7 Å². The Kier molecular flexibility index (Phi) is 4.29. The molecule has 0 radical (unpaired) electrons. The smallest absolute Gasteiger partial charge is 0.246 e. The fourth-order valence-corrected chi connectivity index (χ4v) is 2.42. The van der Waals surface area contributed by atoms with Gasteiger partial charge in [0, 0.05) is 11.1 Å². The van der Waals surface area contributed by atoms with E-state index in [4.69, 9.17) is 0 Å². The number of benzene rings is 2. The molecule has 3 rings (SSSR count). The quantitative estimate of drug-likeness (QED) is 0.643. The molecule has 6 nitrogen and oxygen atoms in total. The van der Waals surface area contributed by atoms with Gasteiger partial charge in [0.05, 0.1) is 5.52 Å². The average Bonchev–Trinajstić information content (AvgIpc) is 2.57. The van der Waals surface area contributed by atoms with Crippen LogP contribution in [0.5, 0.6) is 5.75 Å². The predicted molar refractivity (Wildman–Crippen MR) is 94.1 cm³/mol. The summed E-state index contributed by atoms with van der Waals surface area (Å²) in [5.74, 6) is 0.598. The summed E-state index contributed by atoms with van der Waals surface area (Å²) in [6.45, 7) is 3.59. The van der Waals surface area contributed by atoms with Crippen LogP contribution in [0.1, 0.15) is 12.5 Å². The number of phenols is 1. The molecule has 1 heterocycles. The lowest BCUT2D eigenvalue weighted by Crippen LogP contribution is -2.32. The van der Waals surface area contributed by atoms with E-state index in [2.05, 4.69) is 20.6 Å². The van der Waals surface area contributed by atoms with Crippen LogP contribution >= 0.6 is 0 Å². The van der Waals surface area contributed by atoms with Gasteiger partial charge in [0.25, 0.3) is 0 Å². The van der Waals surface area contributed by atoms with Gasteiger partial charge in [-0.1, -0.05) is 12.1 Å². The number of para-hydroxylation sites is 1. The molecule has 1 atom stereocenters. The van der Waals surface area contributed by atoms with Crippen LogP contribution in [0.4, 0.5) is 11.5 Å². The maximum Gasteiger partial charge on any atom is 0.246 e. The van der Waals surface area contributed by atoms with Gasteiger partial charge in [0.15, 0.2) is 0 Å². The van der Waals surface area contributed by atoms with Crippen molar-refractivity contribution in [3.63, 3.8) is 0 Å². The SMILES string of the molecule is Cc1cc(O)ccc1NC(=O)C(C)Nc1ncnc2ccccc12. The van der Waals surface area contributed by atoms with Gasteiger partial charge in [-0.25, -0.2) is 9.97 Å². The number of carbonyl (C=O) groups is 1. The van der Waals surface area contributed by atoms with E-state index in [1.165, 1.54) is 6.33 Å². The number of aromatic hydroxyl groups is 1. The molecule has 0 bridgehead atoms. The van der Waals surface area contributed by atoms with Gasteiger partial charge in [-0.3, -0.25) is 4.79 Å². The lowest BCUT2D eigenvalue weighted by Gasteiger charge is -2.16. The summed E-state index contributed by atoms with van der Waals surface area (Å²) < 4.78 is 0. The molecule has 24 heavy (non-hydrogen) atoms. The number of phenolic OH excluding ortho intramolecular Hbond substituents is 1. The van der Waals surface area contributed by atoms with Gasteiger partial charge in [0.2, 0.25) is 5.91 Å². The Balaban J connectivity index is 1.76. The predicted octanol–water partition coefficient (Wildman–Crippen LogP) is 3.08. The molecule has 3 N–H and O–H groups in total. The van der Waals surface area contributed by atoms with Crippen molar-refractivity contribution in [2.45, 2.75) is 19.9 Å². The molecule has 1 amide bonds. The highest BCUT2D eigenvalue weighted by molar-refractivity contribution is 5.98. The van der Waals surface area contributed by atoms with Gasteiger partial charge in [-0.2, -0.15) is 0 Å². The summed E-state index contributed by atoms with van der Waals surface area (Å²) in [7, 11) is 0. The second-order valence-corrected chi connectivity index (χ2v) is 5.59. The van der Waals surface area contributed by atoms with E-state index in [9.17, 15) is 9.90 Å². The van der Waals surface area contributed by atoms with E-state index in [1.807, 2.05) is 31.2 Å². The van der Waals surface area contributed by atoms with E-state index in [0.717, 1.165) is 16.5 Å². The standard InChI is InChI=1S/C18H18N4O2/c1-11-9-13(23)7-8-15(11)22-18(24)12(2)21-17-14-5-3-4-6-16(14)19-10-20-17/h3-10,12,23H,1-2H3,(H,22,24)(H,19,20,21). The third-order valence-electron chi connectivity index (χ3n) is 3.76.